The van der Waals surface area contributed by atoms with Crippen LogP contribution in [0.2, 0.25) is 5.02 Å². The molecule has 3 aromatic carbocycles. The van der Waals surface area contributed by atoms with Crippen molar-refractivity contribution in [3.05, 3.63) is 124 Å². The van der Waals surface area contributed by atoms with E-state index in [1.807, 2.05) is 61.5 Å². The van der Waals surface area contributed by atoms with Gasteiger partial charge in [0.2, 0.25) is 0 Å². The molecule has 0 spiro atoms. The van der Waals surface area contributed by atoms with E-state index in [0.717, 1.165) is 33.4 Å². The predicted molar refractivity (Wildman–Crippen MR) is 141 cm³/mol. The number of halogens is 1. The summed E-state index contributed by atoms with van der Waals surface area (Å²) in [5, 5.41) is 1.87. The van der Waals surface area contributed by atoms with Crippen molar-refractivity contribution in [1.29, 1.82) is 0 Å². The zero-order chi connectivity index (χ0) is 25.3. The molecule has 1 fully saturated rings. The van der Waals surface area contributed by atoms with E-state index in [1.165, 1.54) is 5.01 Å². The highest BCUT2D eigenvalue weighted by Gasteiger charge is 2.61. The van der Waals surface area contributed by atoms with Gasteiger partial charge in [-0.1, -0.05) is 72.3 Å². The molecule has 3 aliphatic carbocycles. The first-order chi connectivity index (χ1) is 18.0. The molecule has 2 heterocycles. The second-order valence-corrected chi connectivity index (χ2v) is 10.3. The van der Waals surface area contributed by atoms with Crippen molar-refractivity contribution in [2.24, 2.45) is 11.8 Å². The maximum Gasteiger partial charge on any atom is 0.253 e. The van der Waals surface area contributed by atoms with Crippen LogP contribution in [0.4, 0.5) is 0 Å². The van der Waals surface area contributed by atoms with Crippen molar-refractivity contribution in [3.63, 3.8) is 0 Å². The zero-order valence-corrected chi connectivity index (χ0v) is 20.8. The molecule has 1 aliphatic heterocycles. The molecule has 2 amide bonds. The number of hydrogen-bond acceptors (Lipinski definition) is 4. The maximum absolute atomic E-state index is 13.6. The van der Waals surface area contributed by atoms with Gasteiger partial charge in [-0.15, -0.1) is 0 Å². The highest BCUT2D eigenvalue weighted by atomic mass is 35.5. The number of nitrogens with one attached hydrogen (secondary N) is 1. The topological polar surface area (TPSA) is 62.6 Å². The van der Waals surface area contributed by atoms with Crippen molar-refractivity contribution < 1.29 is 14.0 Å². The molecule has 4 aromatic rings. The van der Waals surface area contributed by atoms with E-state index in [1.54, 1.807) is 12.3 Å². The highest BCUT2D eigenvalue weighted by Crippen LogP contribution is 2.60. The number of benzene rings is 3. The van der Waals surface area contributed by atoms with E-state index in [2.05, 4.69) is 29.7 Å². The van der Waals surface area contributed by atoms with Crippen LogP contribution >= 0.6 is 11.6 Å². The first-order valence-electron chi connectivity index (χ1n) is 12.4. The average molecular weight is 507 g/mol. The smallest absolute Gasteiger partial charge is 0.253 e. The fraction of sp³-hybridized carbons (Fsp3) is 0.161. The Morgan fingerprint density at radius 2 is 1.38 bits per heavy atom. The first-order valence-corrected chi connectivity index (χ1v) is 12.8. The van der Waals surface area contributed by atoms with Crippen LogP contribution in [0.5, 0.6) is 0 Å². The maximum atomic E-state index is 13.6. The molecule has 1 saturated heterocycles. The van der Waals surface area contributed by atoms with E-state index in [9.17, 15) is 9.59 Å². The van der Waals surface area contributed by atoms with Gasteiger partial charge in [-0.2, -0.15) is 5.01 Å². The number of carbonyl (C=O) groups excluding carboxylic acids is 2. The van der Waals surface area contributed by atoms with Crippen molar-refractivity contribution in [2.75, 3.05) is 0 Å². The lowest BCUT2D eigenvalue weighted by atomic mass is 9.55. The summed E-state index contributed by atoms with van der Waals surface area (Å²) in [6.45, 7) is 1.95. The third-order valence-electron chi connectivity index (χ3n) is 7.98. The Kier molecular flexibility index (Phi) is 4.92. The Bertz CT molecular complexity index is 1500. The molecule has 5 nitrogen and oxygen atoms in total. The largest absolute Gasteiger partial charge is 0.457 e. The van der Waals surface area contributed by atoms with Gasteiger partial charge in [0.05, 0.1) is 11.8 Å². The normalized spacial score (nSPS) is 23.4. The van der Waals surface area contributed by atoms with Gasteiger partial charge < -0.3 is 4.42 Å². The van der Waals surface area contributed by atoms with Crippen LogP contribution in [0, 0.1) is 18.8 Å². The Morgan fingerprint density at radius 3 is 1.92 bits per heavy atom. The lowest BCUT2D eigenvalue weighted by Crippen LogP contribution is -2.41. The molecular weight excluding hydrogens is 484 g/mol. The minimum Gasteiger partial charge on any atom is -0.457 e. The number of imide groups is 1. The second-order valence-electron chi connectivity index (χ2n) is 9.91. The summed E-state index contributed by atoms with van der Waals surface area (Å²) < 4.78 is 5.93. The van der Waals surface area contributed by atoms with Crippen molar-refractivity contribution in [1.82, 2.24) is 10.4 Å². The van der Waals surface area contributed by atoms with Crippen LogP contribution in [0.1, 0.15) is 45.4 Å². The summed E-state index contributed by atoms with van der Waals surface area (Å²) in [4.78, 5) is 27.2. The SMILES string of the molecule is Cc1ccc(-c2ccc(/C=C/NN3C(=O)[C@@H]4C5c6ccccc6C(c6ccccc65)[C@@H]4C3=O)o2)cc1Cl. The number of hydrogen-bond donors (Lipinski definition) is 1. The fourth-order valence-corrected chi connectivity index (χ4v) is 6.52. The summed E-state index contributed by atoms with van der Waals surface area (Å²) in [5.74, 6) is -0.161. The lowest BCUT2D eigenvalue weighted by molar-refractivity contribution is -0.142. The van der Waals surface area contributed by atoms with Crippen LogP contribution in [-0.4, -0.2) is 16.8 Å². The summed E-state index contributed by atoms with van der Waals surface area (Å²) in [5.41, 5.74) is 9.46. The third-order valence-corrected chi connectivity index (χ3v) is 8.39. The van der Waals surface area contributed by atoms with Crippen molar-refractivity contribution in [2.45, 2.75) is 18.8 Å². The molecule has 2 bridgehead atoms. The molecule has 182 valence electrons. The lowest BCUT2D eigenvalue weighted by Gasteiger charge is -2.45. The van der Waals surface area contributed by atoms with E-state index in [-0.39, 0.29) is 23.7 Å². The molecule has 6 heteroatoms. The van der Waals surface area contributed by atoms with Gasteiger partial charge >= 0.3 is 0 Å². The Hall–Kier alpha value is -4.09. The molecule has 1 aromatic heterocycles. The minimum atomic E-state index is -0.412. The number of nitrogens with zero attached hydrogens (tertiary/aromatic N) is 1. The number of amides is 2. The van der Waals surface area contributed by atoms with Crippen LogP contribution in [0.3, 0.4) is 0 Å². The number of furan rings is 1. The van der Waals surface area contributed by atoms with Crippen molar-refractivity contribution in [3.8, 4) is 11.3 Å². The van der Waals surface area contributed by atoms with Gasteiger partial charge in [-0.05, 0) is 59.0 Å². The average Bonchev–Trinajstić information content (AvgIpc) is 3.49. The summed E-state index contributed by atoms with van der Waals surface area (Å²) in [6, 6.07) is 25.9. The quantitative estimate of drug-likeness (QED) is 0.331. The van der Waals surface area contributed by atoms with Gasteiger partial charge in [0.15, 0.2) is 0 Å². The molecule has 0 saturated carbocycles. The third kappa shape index (κ3) is 3.24. The van der Waals surface area contributed by atoms with Crippen LogP contribution < -0.4 is 5.43 Å². The standard InChI is InChI=1S/C31H23ClN2O3/c1-17-10-11-18(16-24(17)32)25-13-12-19(37-25)14-15-33-34-30(35)28-26-20-6-2-3-7-21(20)27(29(28)31(34)36)23-9-5-4-8-22(23)26/h2-16,26-29,33H,1H3/b15-14+/t26?,27?,28-,29+. The molecule has 2 atom stereocenters. The first kappa shape index (κ1) is 22.1. The number of carbonyl (C=O) groups is 2. The Labute approximate surface area is 219 Å². The molecule has 4 aliphatic rings. The van der Waals surface area contributed by atoms with E-state index >= 15 is 0 Å². The van der Waals surface area contributed by atoms with Gasteiger partial charge in [0.25, 0.3) is 11.8 Å². The molecule has 0 radical (unpaired) electrons. The van der Waals surface area contributed by atoms with Gasteiger partial charge in [-0.3, -0.25) is 15.0 Å². The number of hydrazine groups is 1. The Balaban J connectivity index is 1.16. The van der Waals surface area contributed by atoms with E-state index < -0.39 is 11.8 Å². The molecule has 1 N–H and O–H groups in total. The van der Waals surface area contributed by atoms with Crippen LogP contribution in [-0.2, 0) is 9.59 Å². The fourth-order valence-electron chi connectivity index (χ4n) is 6.34. The highest BCUT2D eigenvalue weighted by molar-refractivity contribution is 6.31. The summed E-state index contributed by atoms with van der Waals surface area (Å²) in [7, 11) is 0. The van der Waals surface area contributed by atoms with Gasteiger partial charge in [0, 0.05) is 28.6 Å². The Morgan fingerprint density at radius 1 is 0.811 bits per heavy atom. The van der Waals surface area contributed by atoms with E-state index in [0.29, 0.717) is 16.5 Å². The van der Waals surface area contributed by atoms with Crippen LogP contribution in [0.15, 0.2) is 89.5 Å². The number of rotatable bonds is 4. The van der Waals surface area contributed by atoms with Gasteiger partial charge in [0.1, 0.15) is 11.5 Å². The second kappa shape index (κ2) is 8.22. The van der Waals surface area contributed by atoms with Crippen molar-refractivity contribution >= 4 is 29.5 Å². The predicted octanol–water partition coefficient (Wildman–Crippen LogP) is 6.28. The van der Waals surface area contributed by atoms with Crippen LogP contribution in [0.25, 0.3) is 17.4 Å². The molecular formula is C31H23ClN2O3. The summed E-state index contributed by atoms with van der Waals surface area (Å²) in [6.07, 6.45) is 3.29. The monoisotopic (exact) mass is 506 g/mol. The minimum absolute atomic E-state index is 0.122. The zero-order valence-electron chi connectivity index (χ0n) is 20.0. The molecule has 37 heavy (non-hydrogen) atoms. The molecule has 0 unspecified atom stereocenters. The number of aryl methyl sites for hydroxylation is 1. The van der Waals surface area contributed by atoms with E-state index in [4.69, 9.17) is 16.0 Å². The summed E-state index contributed by atoms with van der Waals surface area (Å²) >= 11 is 6.26. The molecule has 8 rings (SSSR count). The van der Waals surface area contributed by atoms with Gasteiger partial charge in [-0.25, -0.2) is 0 Å².